The minimum Gasteiger partial charge on any atom is -0.368 e. The largest absolute Gasteiger partial charge is 0.368 e. The van der Waals surface area contributed by atoms with Crippen LogP contribution < -0.4 is 15.1 Å². The molecule has 1 N–H and O–H groups in total. The third kappa shape index (κ3) is 3.72. The predicted octanol–water partition coefficient (Wildman–Crippen LogP) is 2.56. The average molecular weight is 365 g/mol. The van der Waals surface area contributed by atoms with E-state index in [1.165, 1.54) is 0 Å². The van der Waals surface area contributed by atoms with Crippen LogP contribution in [-0.2, 0) is 4.79 Å². The number of hydrogen-bond donors (Lipinski definition) is 1. The summed E-state index contributed by atoms with van der Waals surface area (Å²) in [5.41, 5.74) is 2.60. The summed E-state index contributed by atoms with van der Waals surface area (Å²) in [6.45, 7) is 3.57. The van der Waals surface area contributed by atoms with Crippen LogP contribution in [0.3, 0.4) is 0 Å². The maximum Gasteiger partial charge on any atom is 0.322 e. The van der Waals surface area contributed by atoms with Crippen LogP contribution in [0, 0.1) is 0 Å². The molecule has 140 valence electrons. The molecule has 0 bridgehead atoms. The molecule has 1 aromatic heterocycles. The second kappa shape index (κ2) is 7.65. The van der Waals surface area contributed by atoms with Gasteiger partial charge in [0.2, 0.25) is 5.91 Å². The van der Waals surface area contributed by atoms with Crippen molar-refractivity contribution in [2.75, 3.05) is 47.8 Å². The van der Waals surface area contributed by atoms with Crippen LogP contribution in [-0.4, -0.2) is 54.5 Å². The summed E-state index contributed by atoms with van der Waals surface area (Å²) >= 11 is 0. The molecule has 0 atom stereocenters. The quantitative estimate of drug-likeness (QED) is 0.908. The van der Waals surface area contributed by atoms with Crippen LogP contribution >= 0.6 is 0 Å². The van der Waals surface area contributed by atoms with Crippen molar-refractivity contribution >= 4 is 29.0 Å². The molecular formula is C20H23N5O2. The highest BCUT2D eigenvalue weighted by Crippen LogP contribution is 2.29. The molecule has 2 aliphatic rings. The summed E-state index contributed by atoms with van der Waals surface area (Å²) in [7, 11) is 0. The highest BCUT2D eigenvalue weighted by Gasteiger charge is 2.26. The molecule has 0 unspecified atom stereocenters. The molecule has 27 heavy (non-hydrogen) atoms. The number of anilines is 3. The number of urea groups is 1. The highest BCUT2D eigenvalue weighted by atomic mass is 16.2. The number of carbonyl (C=O) groups excluding carboxylic acids is 2. The van der Waals surface area contributed by atoms with Gasteiger partial charge in [-0.25, -0.2) is 4.79 Å². The van der Waals surface area contributed by atoms with Gasteiger partial charge in [0.25, 0.3) is 0 Å². The van der Waals surface area contributed by atoms with Gasteiger partial charge in [0.15, 0.2) is 0 Å². The predicted molar refractivity (Wildman–Crippen MR) is 105 cm³/mol. The van der Waals surface area contributed by atoms with E-state index in [1.807, 2.05) is 41.3 Å². The first kappa shape index (κ1) is 17.3. The lowest BCUT2D eigenvalue weighted by molar-refractivity contribution is -0.117. The molecule has 4 rings (SSSR count). The number of carbonyl (C=O) groups is 2. The lowest BCUT2D eigenvalue weighted by atomic mass is 10.2. The third-order valence-corrected chi connectivity index (χ3v) is 5.10. The molecule has 7 heteroatoms. The van der Waals surface area contributed by atoms with Crippen molar-refractivity contribution in [2.24, 2.45) is 0 Å². The van der Waals surface area contributed by atoms with E-state index < -0.39 is 0 Å². The average Bonchev–Trinajstić information content (AvgIpc) is 3.15. The number of para-hydroxylation sites is 2. The van der Waals surface area contributed by atoms with Crippen molar-refractivity contribution in [1.29, 1.82) is 0 Å². The number of amides is 3. The summed E-state index contributed by atoms with van der Waals surface area (Å²) in [4.78, 5) is 34.7. The van der Waals surface area contributed by atoms with Gasteiger partial charge in [-0.2, -0.15) is 0 Å². The van der Waals surface area contributed by atoms with Gasteiger partial charge in [-0.1, -0.05) is 12.1 Å². The number of nitrogens with zero attached hydrogens (tertiary/aromatic N) is 4. The van der Waals surface area contributed by atoms with Crippen LogP contribution in [0.1, 0.15) is 12.8 Å². The molecule has 0 aliphatic carbocycles. The second-order valence-corrected chi connectivity index (χ2v) is 6.78. The fourth-order valence-corrected chi connectivity index (χ4v) is 3.63. The number of hydrogen-bond acceptors (Lipinski definition) is 4. The number of rotatable bonds is 3. The second-order valence-electron chi connectivity index (χ2n) is 6.78. The molecule has 0 radical (unpaired) electrons. The van der Waals surface area contributed by atoms with E-state index in [0.29, 0.717) is 31.7 Å². The van der Waals surface area contributed by atoms with Crippen molar-refractivity contribution in [3.05, 3.63) is 48.8 Å². The summed E-state index contributed by atoms with van der Waals surface area (Å²) in [5, 5.41) is 3.00. The van der Waals surface area contributed by atoms with E-state index in [2.05, 4.69) is 15.2 Å². The Morgan fingerprint density at radius 3 is 2.41 bits per heavy atom. The van der Waals surface area contributed by atoms with E-state index in [1.54, 1.807) is 17.3 Å². The van der Waals surface area contributed by atoms with Crippen molar-refractivity contribution in [3.63, 3.8) is 0 Å². The van der Waals surface area contributed by atoms with E-state index in [0.717, 1.165) is 30.9 Å². The zero-order valence-electron chi connectivity index (χ0n) is 15.2. The van der Waals surface area contributed by atoms with Gasteiger partial charge >= 0.3 is 6.03 Å². The molecule has 0 saturated carbocycles. The van der Waals surface area contributed by atoms with E-state index in [-0.39, 0.29) is 11.9 Å². The minimum atomic E-state index is -0.122. The van der Waals surface area contributed by atoms with Crippen LogP contribution in [0.15, 0.2) is 48.8 Å². The van der Waals surface area contributed by atoms with E-state index in [4.69, 9.17) is 0 Å². The Balaban J connectivity index is 1.40. The fraction of sp³-hybridized carbons (Fsp3) is 0.350. The normalized spacial score (nSPS) is 17.3. The number of nitrogens with one attached hydrogen (secondary N) is 1. The molecule has 0 spiro atoms. The van der Waals surface area contributed by atoms with Gasteiger partial charge < -0.3 is 20.0 Å². The molecule has 2 fully saturated rings. The Bertz CT molecular complexity index is 818. The zero-order valence-corrected chi connectivity index (χ0v) is 15.2. The van der Waals surface area contributed by atoms with Gasteiger partial charge in [0, 0.05) is 57.2 Å². The standard InChI is InChI=1S/C20H23N5O2/c26-19-6-3-11-25(19)18-5-2-1-4-17(18)22-20(27)24-14-12-23(13-15-24)16-7-9-21-10-8-16/h1-2,4-5,7-10H,3,6,11-15H2,(H,22,27). The fourth-order valence-electron chi connectivity index (χ4n) is 3.63. The lowest BCUT2D eigenvalue weighted by Gasteiger charge is -2.36. The Morgan fingerprint density at radius 1 is 0.963 bits per heavy atom. The monoisotopic (exact) mass is 365 g/mol. The molecule has 1 aromatic carbocycles. The topological polar surface area (TPSA) is 68.8 Å². The van der Waals surface area contributed by atoms with Crippen LogP contribution in [0.5, 0.6) is 0 Å². The first-order chi connectivity index (χ1) is 13.2. The number of benzene rings is 1. The molecule has 3 amide bonds. The SMILES string of the molecule is O=C(Nc1ccccc1N1CCCC1=O)N1CCN(c2ccncc2)CC1. The first-order valence-corrected chi connectivity index (χ1v) is 9.33. The third-order valence-electron chi connectivity index (χ3n) is 5.10. The van der Waals surface area contributed by atoms with Crippen LogP contribution in [0.2, 0.25) is 0 Å². The van der Waals surface area contributed by atoms with E-state index in [9.17, 15) is 9.59 Å². The smallest absolute Gasteiger partial charge is 0.322 e. The van der Waals surface area contributed by atoms with E-state index >= 15 is 0 Å². The first-order valence-electron chi connectivity index (χ1n) is 9.33. The van der Waals surface area contributed by atoms with Gasteiger partial charge in [-0.15, -0.1) is 0 Å². The lowest BCUT2D eigenvalue weighted by Crippen LogP contribution is -2.50. The molecule has 3 heterocycles. The maximum atomic E-state index is 12.7. The minimum absolute atomic E-state index is 0.114. The molecule has 2 aromatic rings. The summed E-state index contributed by atoms with van der Waals surface area (Å²) in [6.07, 6.45) is 4.99. The highest BCUT2D eigenvalue weighted by molar-refractivity contribution is 6.01. The Hall–Kier alpha value is -3.09. The Labute approximate surface area is 158 Å². The van der Waals surface area contributed by atoms with Gasteiger partial charge in [-0.05, 0) is 30.7 Å². The molecule has 2 saturated heterocycles. The summed E-state index contributed by atoms with van der Waals surface area (Å²) < 4.78 is 0. The van der Waals surface area contributed by atoms with Crippen molar-refractivity contribution in [1.82, 2.24) is 9.88 Å². The Kier molecular flexibility index (Phi) is 4.91. The molecule has 7 nitrogen and oxygen atoms in total. The Morgan fingerprint density at radius 2 is 1.70 bits per heavy atom. The van der Waals surface area contributed by atoms with Crippen molar-refractivity contribution in [2.45, 2.75) is 12.8 Å². The summed E-state index contributed by atoms with van der Waals surface area (Å²) in [6, 6.07) is 11.4. The summed E-state index contributed by atoms with van der Waals surface area (Å²) in [5.74, 6) is 0.114. The zero-order chi connectivity index (χ0) is 18.6. The van der Waals surface area contributed by atoms with Crippen molar-refractivity contribution < 1.29 is 9.59 Å². The van der Waals surface area contributed by atoms with Gasteiger partial charge in [-0.3, -0.25) is 9.78 Å². The molecule has 2 aliphatic heterocycles. The number of pyridine rings is 1. The molecular weight excluding hydrogens is 342 g/mol. The number of aromatic nitrogens is 1. The number of piperazine rings is 1. The van der Waals surface area contributed by atoms with Crippen LogP contribution in [0.4, 0.5) is 21.9 Å². The van der Waals surface area contributed by atoms with Crippen molar-refractivity contribution in [3.8, 4) is 0 Å². The maximum absolute atomic E-state index is 12.7. The van der Waals surface area contributed by atoms with Gasteiger partial charge in [0.1, 0.15) is 0 Å². The van der Waals surface area contributed by atoms with Gasteiger partial charge in [0.05, 0.1) is 11.4 Å². The van der Waals surface area contributed by atoms with Crippen LogP contribution in [0.25, 0.3) is 0 Å².